The lowest BCUT2D eigenvalue weighted by atomic mass is 9.97. The van der Waals surface area contributed by atoms with Crippen molar-refractivity contribution < 1.29 is 0 Å². The molecule has 19 heavy (non-hydrogen) atoms. The van der Waals surface area contributed by atoms with Crippen molar-refractivity contribution in [2.75, 3.05) is 6.54 Å². The van der Waals surface area contributed by atoms with Crippen LogP contribution in [0, 0.1) is 0 Å². The molecule has 4 nitrogen and oxygen atoms in total. The third-order valence-electron chi connectivity index (χ3n) is 3.55. The van der Waals surface area contributed by atoms with Crippen LogP contribution >= 0.6 is 11.3 Å². The van der Waals surface area contributed by atoms with E-state index in [1.807, 2.05) is 35.5 Å². The Balaban J connectivity index is 1.88. The van der Waals surface area contributed by atoms with Gasteiger partial charge in [-0.1, -0.05) is 6.92 Å². The van der Waals surface area contributed by atoms with Gasteiger partial charge in [0.1, 0.15) is 5.01 Å². The van der Waals surface area contributed by atoms with Gasteiger partial charge in [-0.3, -0.25) is 4.68 Å². The Morgan fingerprint density at radius 3 is 3.16 bits per heavy atom. The van der Waals surface area contributed by atoms with Crippen LogP contribution in [0.1, 0.15) is 42.8 Å². The molecule has 3 rings (SSSR count). The molecule has 5 heteroatoms. The molecule has 102 valence electrons. The SMILES string of the molecule is CCCNC1CCCc2sc(-c3cnn(C)c3)nc21. The Labute approximate surface area is 117 Å². The fourth-order valence-corrected chi connectivity index (χ4v) is 3.73. The number of fused-ring (bicyclic) bond motifs is 1. The van der Waals surface area contributed by atoms with Gasteiger partial charge in [-0.2, -0.15) is 5.10 Å². The van der Waals surface area contributed by atoms with E-state index in [4.69, 9.17) is 4.98 Å². The summed E-state index contributed by atoms with van der Waals surface area (Å²) in [7, 11) is 1.95. The first-order valence-electron chi connectivity index (χ1n) is 7.00. The van der Waals surface area contributed by atoms with Crippen molar-refractivity contribution in [3.8, 4) is 10.6 Å². The van der Waals surface area contributed by atoms with Crippen molar-refractivity contribution in [1.82, 2.24) is 20.1 Å². The normalized spacial score (nSPS) is 18.5. The van der Waals surface area contributed by atoms with Gasteiger partial charge in [0.2, 0.25) is 0 Å². The molecule has 2 aromatic rings. The Kier molecular flexibility index (Phi) is 3.66. The monoisotopic (exact) mass is 276 g/mol. The van der Waals surface area contributed by atoms with Crippen LogP contribution in [0.4, 0.5) is 0 Å². The number of hydrogen-bond donors (Lipinski definition) is 1. The van der Waals surface area contributed by atoms with Crippen LogP contribution in [0.25, 0.3) is 10.6 Å². The van der Waals surface area contributed by atoms with Crippen LogP contribution in [0.5, 0.6) is 0 Å². The van der Waals surface area contributed by atoms with Crippen LogP contribution in [0.2, 0.25) is 0 Å². The summed E-state index contributed by atoms with van der Waals surface area (Å²) in [6.07, 6.45) is 8.77. The number of nitrogens with zero attached hydrogens (tertiary/aromatic N) is 3. The average Bonchev–Trinajstić information content (AvgIpc) is 3.02. The van der Waals surface area contributed by atoms with E-state index in [2.05, 4.69) is 17.3 Å². The van der Waals surface area contributed by atoms with Crippen molar-refractivity contribution in [3.05, 3.63) is 23.0 Å². The highest BCUT2D eigenvalue weighted by molar-refractivity contribution is 7.15. The molecule has 1 aliphatic carbocycles. The number of aryl methyl sites for hydroxylation is 2. The Morgan fingerprint density at radius 1 is 1.53 bits per heavy atom. The van der Waals surface area contributed by atoms with Crippen molar-refractivity contribution in [1.29, 1.82) is 0 Å². The van der Waals surface area contributed by atoms with E-state index >= 15 is 0 Å². The van der Waals surface area contributed by atoms with Crippen LogP contribution in [0.15, 0.2) is 12.4 Å². The predicted molar refractivity (Wildman–Crippen MR) is 78.3 cm³/mol. The first kappa shape index (κ1) is 12.8. The third kappa shape index (κ3) is 2.58. The maximum absolute atomic E-state index is 4.87. The predicted octanol–water partition coefficient (Wildman–Crippen LogP) is 2.92. The van der Waals surface area contributed by atoms with Crippen LogP contribution in [0.3, 0.4) is 0 Å². The molecule has 1 atom stereocenters. The third-order valence-corrected chi connectivity index (χ3v) is 4.73. The second-order valence-electron chi connectivity index (χ2n) is 5.13. The van der Waals surface area contributed by atoms with E-state index in [1.54, 1.807) is 0 Å². The largest absolute Gasteiger partial charge is 0.309 e. The molecule has 0 aromatic carbocycles. The zero-order valence-electron chi connectivity index (χ0n) is 11.5. The van der Waals surface area contributed by atoms with E-state index in [-0.39, 0.29) is 0 Å². The molecular formula is C14H20N4S. The average molecular weight is 276 g/mol. The molecule has 0 saturated carbocycles. The molecule has 0 fully saturated rings. The summed E-state index contributed by atoms with van der Waals surface area (Å²) in [6, 6.07) is 0.449. The maximum Gasteiger partial charge on any atom is 0.127 e. The molecule has 2 aromatic heterocycles. The minimum absolute atomic E-state index is 0.449. The fourth-order valence-electron chi connectivity index (χ4n) is 2.59. The molecule has 0 amide bonds. The van der Waals surface area contributed by atoms with E-state index in [9.17, 15) is 0 Å². The lowest BCUT2D eigenvalue weighted by Crippen LogP contribution is -2.25. The molecule has 1 aliphatic rings. The summed E-state index contributed by atoms with van der Waals surface area (Å²) >= 11 is 1.83. The smallest absolute Gasteiger partial charge is 0.127 e. The lowest BCUT2D eigenvalue weighted by molar-refractivity contribution is 0.454. The van der Waals surface area contributed by atoms with Gasteiger partial charge in [0, 0.05) is 23.7 Å². The highest BCUT2D eigenvalue weighted by Crippen LogP contribution is 2.36. The number of hydrogen-bond acceptors (Lipinski definition) is 4. The summed E-state index contributed by atoms with van der Waals surface area (Å²) in [5.74, 6) is 0. The molecule has 0 spiro atoms. The molecule has 0 aliphatic heterocycles. The van der Waals surface area contributed by atoms with Crippen molar-refractivity contribution in [3.63, 3.8) is 0 Å². The zero-order chi connectivity index (χ0) is 13.2. The second kappa shape index (κ2) is 5.43. The summed E-state index contributed by atoms with van der Waals surface area (Å²) in [5, 5.41) is 8.97. The lowest BCUT2D eigenvalue weighted by Gasteiger charge is -2.22. The first-order chi connectivity index (χ1) is 9.28. The zero-order valence-corrected chi connectivity index (χ0v) is 12.3. The topological polar surface area (TPSA) is 42.7 Å². The van der Waals surface area contributed by atoms with E-state index in [0.717, 1.165) is 17.1 Å². The van der Waals surface area contributed by atoms with E-state index in [1.165, 1.54) is 36.3 Å². The molecule has 0 radical (unpaired) electrons. The molecular weight excluding hydrogens is 256 g/mol. The molecule has 1 unspecified atom stereocenters. The fraction of sp³-hybridized carbons (Fsp3) is 0.571. The molecule has 0 saturated heterocycles. The summed E-state index contributed by atoms with van der Waals surface area (Å²) < 4.78 is 1.84. The highest BCUT2D eigenvalue weighted by atomic mass is 32.1. The Morgan fingerprint density at radius 2 is 2.42 bits per heavy atom. The highest BCUT2D eigenvalue weighted by Gasteiger charge is 2.24. The summed E-state index contributed by atoms with van der Waals surface area (Å²) in [5.41, 5.74) is 2.42. The molecule has 0 bridgehead atoms. The van der Waals surface area contributed by atoms with Gasteiger partial charge in [0.15, 0.2) is 0 Å². The standard InChI is InChI=1S/C14H20N4S/c1-3-7-15-11-5-4-6-12-13(11)17-14(19-12)10-8-16-18(2)9-10/h8-9,11,15H,3-7H2,1-2H3. The first-order valence-corrected chi connectivity index (χ1v) is 7.81. The number of rotatable bonds is 4. The van der Waals surface area contributed by atoms with Crippen molar-refractivity contribution in [2.24, 2.45) is 7.05 Å². The van der Waals surface area contributed by atoms with Crippen molar-refractivity contribution >= 4 is 11.3 Å². The molecule has 1 N–H and O–H groups in total. The maximum atomic E-state index is 4.87. The number of nitrogens with one attached hydrogen (secondary N) is 1. The Hall–Kier alpha value is -1.20. The van der Waals surface area contributed by atoms with E-state index < -0.39 is 0 Å². The summed E-state index contributed by atoms with van der Waals surface area (Å²) in [6.45, 7) is 3.28. The number of thiazole rings is 1. The van der Waals surface area contributed by atoms with Crippen LogP contribution < -0.4 is 5.32 Å². The quantitative estimate of drug-likeness (QED) is 0.933. The van der Waals surface area contributed by atoms with Crippen LogP contribution in [-0.2, 0) is 13.5 Å². The second-order valence-corrected chi connectivity index (χ2v) is 6.21. The van der Waals surface area contributed by atoms with E-state index in [0.29, 0.717) is 6.04 Å². The van der Waals surface area contributed by atoms with Gasteiger partial charge in [0.05, 0.1) is 17.9 Å². The van der Waals surface area contributed by atoms with Crippen LogP contribution in [-0.4, -0.2) is 21.3 Å². The molecule has 2 heterocycles. The minimum Gasteiger partial charge on any atom is -0.309 e. The number of aromatic nitrogens is 3. The van der Waals surface area contributed by atoms with Gasteiger partial charge < -0.3 is 5.32 Å². The van der Waals surface area contributed by atoms with Crippen molar-refractivity contribution in [2.45, 2.75) is 38.6 Å². The van der Waals surface area contributed by atoms with Gasteiger partial charge >= 0.3 is 0 Å². The van der Waals surface area contributed by atoms with Gasteiger partial charge in [-0.15, -0.1) is 11.3 Å². The Bertz CT molecular complexity index is 558. The minimum atomic E-state index is 0.449. The van der Waals surface area contributed by atoms with Gasteiger partial charge in [-0.05, 0) is 32.2 Å². The van der Waals surface area contributed by atoms with Gasteiger partial charge in [0.25, 0.3) is 0 Å². The summed E-state index contributed by atoms with van der Waals surface area (Å²) in [4.78, 5) is 6.33. The van der Waals surface area contributed by atoms with Gasteiger partial charge in [-0.25, -0.2) is 4.98 Å².